The maximum absolute atomic E-state index is 13.1. The zero-order chi connectivity index (χ0) is 18.3. The Labute approximate surface area is 149 Å². The molecule has 2 N–H and O–H groups in total. The Morgan fingerprint density at radius 3 is 2.62 bits per heavy atom. The lowest BCUT2D eigenvalue weighted by molar-refractivity contribution is -0.124. The van der Waals surface area contributed by atoms with Gasteiger partial charge in [-0.05, 0) is 36.4 Å². The molecule has 2 aromatic carbocycles. The third-order valence-corrected chi connectivity index (χ3v) is 4.77. The van der Waals surface area contributed by atoms with E-state index in [1.54, 1.807) is 55.6 Å². The number of methoxy groups -OCH3 is 1. The van der Waals surface area contributed by atoms with E-state index in [0.29, 0.717) is 22.7 Å². The number of carbonyl (C=O) groups is 3. The molecule has 132 valence electrons. The molecule has 1 saturated heterocycles. The van der Waals surface area contributed by atoms with Gasteiger partial charge in [-0.1, -0.05) is 12.1 Å². The van der Waals surface area contributed by atoms with Crippen molar-refractivity contribution in [3.8, 4) is 5.75 Å². The molecule has 7 heteroatoms. The van der Waals surface area contributed by atoms with E-state index in [4.69, 9.17) is 4.74 Å². The lowest BCUT2D eigenvalue weighted by Crippen LogP contribution is -2.68. The number of fused-ring (bicyclic) bond motifs is 3. The number of amides is 3. The lowest BCUT2D eigenvalue weighted by atomic mass is 9.98. The van der Waals surface area contributed by atoms with Crippen molar-refractivity contribution in [3.05, 3.63) is 54.1 Å². The molecule has 0 radical (unpaired) electrons. The van der Waals surface area contributed by atoms with Crippen LogP contribution in [0.15, 0.2) is 48.5 Å². The third kappa shape index (κ3) is 2.32. The highest BCUT2D eigenvalue weighted by molar-refractivity contribution is 6.18. The van der Waals surface area contributed by atoms with Crippen LogP contribution < -0.4 is 20.3 Å². The number of carbonyl (C=O) groups excluding carboxylic acids is 3. The normalized spacial score (nSPS) is 20.9. The molecule has 2 aromatic rings. The quantitative estimate of drug-likeness (QED) is 0.884. The van der Waals surface area contributed by atoms with Crippen LogP contribution in [-0.4, -0.2) is 30.5 Å². The Kier molecular flexibility index (Phi) is 3.64. The average molecular weight is 351 g/mol. The van der Waals surface area contributed by atoms with E-state index in [9.17, 15) is 14.4 Å². The van der Waals surface area contributed by atoms with Crippen LogP contribution in [0.1, 0.15) is 23.2 Å². The lowest BCUT2D eigenvalue weighted by Gasteiger charge is -2.41. The Morgan fingerprint density at radius 1 is 1.15 bits per heavy atom. The SMILES string of the molecule is COc1ccc(NC(=O)[C@]23CCC(=O)N2c2ccccc2C(=O)N3)cc1. The highest BCUT2D eigenvalue weighted by atomic mass is 16.5. The first-order valence-corrected chi connectivity index (χ1v) is 8.25. The molecule has 2 aliphatic rings. The van der Waals surface area contributed by atoms with Gasteiger partial charge in [0.05, 0.1) is 18.4 Å². The molecule has 7 nitrogen and oxygen atoms in total. The number of hydrogen-bond acceptors (Lipinski definition) is 4. The van der Waals surface area contributed by atoms with Gasteiger partial charge < -0.3 is 15.4 Å². The molecule has 0 saturated carbocycles. The summed E-state index contributed by atoms with van der Waals surface area (Å²) in [7, 11) is 1.56. The summed E-state index contributed by atoms with van der Waals surface area (Å²) in [5, 5.41) is 5.54. The zero-order valence-corrected chi connectivity index (χ0v) is 14.1. The van der Waals surface area contributed by atoms with Gasteiger partial charge in [-0.15, -0.1) is 0 Å². The Hall–Kier alpha value is -3.35. The van der Waals surface area contributed by atoms with Crippen LogP contribution in [0.3, 0.4) is 0 Å². The second-order valence-corrected chi connectivity index (χ2v) is 6.24. The number of benzene rings is 2. The molecule has 0 unspecified atom stereocenters. The van der Waals surface area contributed by atoms with E-state index >= 15 is 0 Å². The van der Waals surface area contributed by atoms with Gasteiger partial charge in [0.2, 0.25) is 11.6 Å². The second-order valence-electron chi connectivity index (χ2n) is 6.24. The molecular formula is C19H17N3O4. The van der Waals surface area contributed by atoms with Gasteiger partial charge >= 0.3 is 0 Å². The molecule has 26 heavy (non-hydrogen) atoms. The monoisotopic (exact) mass is 351 g/mol. The summed E-state index contributed by atoms with van der Waals surface area (Å²) >= 11 is 0. The molecular weight excluding hydrogens is 334 g/mol. The van der Waals surface area contributed by atoms with Gasteiger partial charge in [-0.2, -0.15) is 0 Å². The van der Waals surface area contributed by atoms with Gasteiger partial charge in [0.25, 0.3) is 11.8 Å². The Bertz CT molecular complexity index is 909. The number of ether oxygens (including phenoxy) is 1. The minimum absolute atomic E-state index is 0.185. The fraction of sp³-hybridized carbons (Fsp3) is 0.211. The van der Waals surface area contributed by atoms with Crippen molar-refractivity contribution in [3.63, 3.8) is 0 Å². The van der Waals surface area contributed by atoms with Crippen LogP contribution in [0.2, 0.25) is 0 Å². The number of para-hydroxylation sites is 1. The molecule has 0 spiro atoms. The number of rotatable bonds is 3. The highest BCUT2D eigenvalue weighted by Gasteiger charge is 2.56. The van der Waals surface area contributed by atoms with Crippen molar-refractivity contribution >= 4 is 29.1 Å². The smallest absolute Gasteiger partial charge is 0.271 e. The molecule has 1 atom stereocenters. The zero-order valence-electron chi connectivity index (χ0n) is 14.1. The summed E-state index contributed by atoms with van der Waals surface area (Å²) in [5.74, 6) is -0.339. The molecule has 1 fully saturated rings. The molecule has 0 aliphatic carbocycles. The average Bonchev–Trinajstić information content (AvgIpc) is 3.00. The summed E-state index contributed by atoms with van der Waals surface area (Å²) in [6.07, 6.45) is 0.401. The maximum Gasteiger partial charge on any atom is 0.271 e. The largest absolute Gasteiger partial charge is 0.497 e. The van der Waals surface area contributed by atoms with Gasteiger partial charge in [-0.25, -0.2) is 0 Å². The summed E-state index contributed by atoms with van der Waals surface area (Å²) in [5.41, 5.74) is -0.0144. The van der Waals surface area contributed by atoms with E-state index in [1.807, 2.05) is 0 Å². The number of nitrogens with one attached hydrogen (secondary N) is 2. The number of hydrogen-bond donors (Lipinski definition) is 2. The predicted molar refractivity (Wildman–Crippen MR) is 95.0 cm³/mol. The summed E-state index contributed by atoms with van der Waals surface area (Å²) in [4.78, 5) is 39.5. The van der Waals surface area contributed by atoms with Crippen LogP contribution in [0, 0.1) is 0 Å². The van der Waals surface area contributed by atoms with Crippen molar-refractivity contribution in [1.29, 1.82) is 0 Å². The Morgan fingerprint density at radius 2 is 1.88 bits per heavy atom. The second kappa shape index (κ2) is 5.87. The summed E-state index contributed by atoms with van der Waals surface area (Å²) in [6, 6.07) is 13.6. The first-order valence-electron chi connectivity index (χ1n) is 8.25. The van der Waals surface area contributed by atoms with Gasteiger partial charge in [0.1, 0.15) is 5.75 Å². The number of nitrogens with zero attached hydrogens (tertiary/aromatic N) is 1. The van der Waals surface area contributed by atoms with E-state index in [1.165, 1.54) is 4.90 Å². The van der Waals surface area contributed by atoms with Crippen LogP contribution in [0.4, 0.5) is 11.4 Å². The van der Waals surface area contributed by atoms with Crippen molar-refractivity contribution in [2.45, 2.75) is 18.5 Å². The van der Waals surface area contributed by atoms with E-state index in [0.717, 1.165) is 0 Å². The minimum Gasteiger partial charge on any atom is -0.497 e. The number of anilines is 2. The van der Waals surface area contributed by atoms with Crippen molar-refractivity contribution in [2.75, 3.05) is 17.3 Å². The fourth-order valence-corrected chi connectivity index (χ4v) is 3.48. The summed E-state index contributed by atoms with van der Waals surface area (Å²) in [6.45, 7) is 0. The molecule has 0 aromatic heterocycles. The van der Waals surface area contributed by atoms with Crippen LogP contribution in [0.5, 0.6) is 5.75 Å². The van der Waals surface area contributed by atoms with Gasteiger partial charge in [0, 0.05) is 18.5 Å². The van der Waals surface area contributed by atoms with E-state index in [-0.39, 0.29) is 24.7 Å². The Balaban J connectivity index is 1.70. The van der Waals surface area contributed by atoms with E-state index < -0.39 is 11.6 Å². The highest BCUT2D eigenvalue weighted by Crippen LogP contribution is 2.39. The standard InChI is InChI=1S/C19H17N3O4/c1-26-13-8-6-12(7-9-13)20-18(25)19-11-10-16(23)22(19)15-5-3-2-4-14(15)17(24)21-19/h2-9H,10-11H2,1H3,(H,20,25)(H,21,24)/t19-/m0/s1. The van der Waals surface area contributed by atoms with Crippen LogP contribution in [-0.2, 0) is 9.59 Å². The molecule has 2 heterocycles. The van der Waals surface area contributed by atoms with Crippen molar-refractivity contribution in [2.24, 2.45) is 0 Å². The maximum atomic E-state index is 13.1. The third-order valence-electron chi connectivity index (χ3n) is 4.77. The van der Waals surface area contributed by atoms with Crippen LogP contribution >= 0.6 is 0 Å². The van der Waals surface area contributed by atoms with Gasteiger partial charge in [-0.3, -0.25) is 19.3 Å². The molecule has 4 rings (SSSR count). The first-order chi connectivity index (χ1) is 12.5. The van der Waals surface area contributed by atoms with Gasteiger partial charge in [0.15, 0.2) is 0 Å². The topological polar surface area (TPSA) is 87.7 Å². The fourth-order valence-electron chi connectivity index (χ4n) is 3.48. The first kappa shape index (κ1) is 16.1. The van der Waals surface area contributed by atoms with E-state index in [2.05, 4.69) is 10.6 Å². The predicted octanol–water partition coefficient (Wildman–Crippen LogP) is 1.90. The minimum atomic E-state index is -1.41. The van der Waals surface area contributed by atoms with Crippen molar-refractivity contribution in [1.82, 2.24) is 5.32 Å². The molecule has 2 aliphatic heterocycles. The molecule has 3 amide bonds. The summed E-state index contributed by atoms with van der Waals surface area (Å²) < 4.78 is 5.10. The molecule has 0 bridgehead atoms. The van der Waals surface area contributed by atoms with Crippen LogP contribution in [0.25, 0.3) is 0 Å². The van der Waals surface area contributed by atoms with Crippen molar-refractivity contribution < 1.29 is 19.1 Å².